The maximum Gasteiger partial charge on any atom is 0.238 e. The van der Waals surface area contributed by atoms with Crippen LogP contribution in [0.2, 0.25) is 0 Å². The van der Waals surface area contributed by atoms with Crippen LogP contribution in [-0.2, 0) is 15.8 Å². The van der Waals surface area contributed by atoms with Crippen LogP contribution in [0, 0.1) is 0 Å². The predicted octanol–water partition coefficient (Wildman–Crippen LogP) is 2.78. The number of nitrogens with one attached hydrogen (secondary N) is 1. The van der Waals surface area contributed by atoms with Crippen LogP contribution >= 0.6 is 0 Å². The second-order valence-corrected chi connectivity index (χ2v) is 6.44. The topological polar surface area (TPSA) is 81.4 Å². The Labute approximate surface area is 127 Å². The number of rotatable bonds is 5. The molecule has 1 heterocycles. The molecular weight excluding hydrogens is 304 g/mol. The fourth-order valence-corrected chi connectivity index (χ4v) is 3.23. The number of benzene rings is 2. The van der Waals surface area contributed by atoms with Crippen LogP contribution in [0.3, 0.4) is 0 Å². The molecule has 0 spiro atoms. The molecule has 0 aliphatic carbocycles. The summed E-state index contributed by atoms with van der Waals surface area (Å²) in [5.74, 6) is 0.404. The highest BCUT2D eigenvalue weighted by Crippen LogP contribution is 2.21. The van der Waals surface area contributed by atoms with Crippen LogP contribution in [0.1, 0.15) is 5.69 Å². The van der Waals surface area contributed by atoms with Gasteiger partial charge in [-0.2, -0.15) is 0 Å². The first kappa shape index (κ1) is 14.4. The van der Waals surface area contributed by atoms with Crippen molar-refractivity contribution < 1.29 is 17.7 Å². The van der Waals surface area contributed by atoms with E-state index in [-0.39, 0.29) is 5.75 Å². The molecule has 3 aromatic rings. The molecule has 0 saturated carbocycles. The summed E-state index contributed by atoms with van der Waals surface area (Å²) >= 11 is 0. The van der Waals surface area contributed by atoms with Gasteiger partial charge in [0.05, 0.1) is 7.11 Å². The summed E-state index contributed by atoms with van der Waals surface area (Å²) < 4.78 is 37.1. The van der Waals surface area contributed by atoms with E-state index in [9.17, 15) is 8.42 Å². The van der Waals surface area contributed by atoms with Crippen molar-refractivity contribution in [2.24, 2.45) is 0 Å². The highest BCUT2D eigenvalue weighted by atomic mass is 32.2. The van der Waals surface area contributed by atoms with E-state index in [0.717, 1.165) is 0 Å². The van der Waals surface area contributed by atoms with E-state index < -0.39 is 10.0 Å². The Balaban J connectivity index is 1.80. The van der Waals surface area contributed by atoms with E-state index in [1.54, 1.807) is 49.6 Å². The van der Waals surface area contributed by atoms with E-state index in [0.29, 0.717) is 28.1 Å². The molecule has 0 unspecified atom stereocenters. The van der Waals surface area contributed by atoms with E-state index in [1.165, 1.54) is 0 Å². The van der Waals surface area contributed by atoms with Crippen LogP contribution < -0.4 is 9.46 Å². The molecule has 0 aliphatic heterocycles. The van der Waals surface area contributed by atoms with E-state index >= 15 is 0 Å². The number of anilines is 1. The third-order valence-electron chi connectivity index (χ3n) is 3.14. The monoisotopic (exact) mass is 318 g/mol. The Kier molecular flexibility index (Phi) is 3.72. The van der Waals surface area contributed by atoms with Crippen LogP contribution in [0.5, 0.6) is 5.75 Å². The standard InChI is InChI=1S/C15H14N2O4S/c1-20-12-8-6-11(7-9-12)17-22(18,19)10-14-13-4-2-3-5-15(13)21-16-14/h2-9,17H,10H2,1H3. The van der Waals surface area contributed by atoms with Gasteiger partial charge >= 0.3 is 0 Å². The first-order chi connectivity index (χ1) is 10.6. The van der Waals surface area contributed by atoms with Gasteiger partial charge in [-0.3, -0.25) is 4.72 Å². The minimum atomic E-state index is -3.58. The van der Waals surface area contributed by atoms with E-state index in [4.69, 9.17) is 9.26 Å². The fraction of sp³-hybridized carbons (Fsp3) is 0.133. The number of para-hydroxylation sites is 1. The summed E-state index contributed by atoms with van der Waals surface area (Å²) in [4.78, 5) is 0. The molecule has 0 aliphatic rings. The SMILES string of the molecule is COc1ccc(NS(=O)(=O)Cc2noc3ccccc23)cc1. The number of nitrogens with zero attached hydrogens (tertiary/aromatic N) is 1. The van der Waals surface area contributed by atoms with Gasteiger partial charge in [0.2, 0.25) is 10.0 Å². The molecule has 0 bridgehead atoms. The van der Waals surface area contributed by atoms with Gasteiger partial charge in [-0.05, 0) is 36.4 Å². The van der Waals surface area contributed by atoms with Crippen molar-refractivity contribution in [1.82, 2.24) is 5.16 Å². The Hall–Kier alpha value is -2.54. The highest BCUT2D eigenvalue weighted by molar-refractivity contribution is 7.91. The molecule has 0 radical (unpaired) electrons. The molecular formula is C15H14N2O4S. The fourth-order valence-electron chi connectivity index (χ4n) is 2.10. The first-order valence-electron chi connectivity index (χ1n) is 6.55. The zero-order valence-corrected chi connectivity index (χ0v) is 12.6. The lowest BCUT2D eigenvalue weighted by Crippen LogP contribution is -2.15. The van der Waals surface area contributed by atoms with Crippen molar-refractivity contribution in [3.8, 4) is 5.75 Å². The van der Waals surface area contributed by atoms with Crippen molar-refractivity contribution in [3.05, 3.63) is 54.2 Å². The van der Waals surface area contributed by atoms with Gasteiger partial charge in [0.15, 0.2) is 5.58 Å². The van der Waals surface area contributed by atoms with Crippen LogP contribution in [0.15, 0.2) is 53.1 Å². The molecule has 1 aromatic heterocycles. The maximum atomic E-state index is 12.2. The zero-order chi connectivity index (χ0) is 15.6. The summed E-state index contributed by atoms with van der Waals surface area (Å²) in [6.45, 7) is 0. The molecule has 0 atom stereocenters. The van der Waals surface area contributed by atoms with Gasteiger partial charge in [-0.15, -0.1) is 0 Å². The first-order valence-corrected chi connectivity index (χ1v) is 8.20. The smallest absolute Gasteiger partial charge is 0.238 e. The number of ether oxygens (including phenoxy) is 1. The predicted molar refractivity (Wildman–Crippen MR) is 83.2 cm³/mol. The number of hydrogen-bond acceptors (Lipinski definition) is 5. The molecule has 6 nitrogen and oxygen atoms in total. The van der Waals surface area contributed by atoms with Gasteiger partial charge in [-0.1, -0.05) is 17.3 Å². The van der Waals surface area contributed by atoms with Gasteiger partial charge < -0.3 is 9.26 Å². The highest BCUT2D eigenvalue weighted by Gasteiger charge is 2.17. The molecule has 114 valence electrons. The van der Waals surface area contributed by atoms with E-state index in [2.05, 4.69) is 9.88 Å². The molecule has 0 fully saturated rings. The summed E-state index contributed by atoms with van der Waals surface area (Å²) in [6, 6.07) is 13.8. The lowest BCUT2D eigenvalue weighted by atomic mass is 10.2. The number of aromatic nitrogens is 1. The van der Waals surface area contributed by atoms with Gasteiger partial charge in [0.25, 0.3) is 0 Å². The molecule has 1 N–H and O–H groups in total. The third-order valence-corrected chi connectivity index (χ3v) is 4.34. The van der Waals surface area contributed by atoms with Crippen molar-refractivity contribution >= 4 is 26.7 Å². The average molecular weight is 318 g/mol. The minimum absolute atomic E-state index is 0.254. The van der Waals surface area contributed by atoms with Crippen molar-refractivity contribution in [2.45, 2.75) is 5.75 Å². The quantitative estimate of drug-likeness (QED) is 0.782. The second-order valence-electron chi connectivity index (χ2n) is 4.72. The zero-order valence-electron chi connectivity index (χ0n) is 11.8. The normalized spacial score (nSPS) is 11.5. The Morgan fingerprint density at radius 1 is 1.14 bits per heavy atom. The van der Waals surface area contributed by atoms with Crippen LogP contribution in [0.4, 0.5) is 5.69 Å². The molecule has 0 saturated heterocycles. The summed E-state index contributed by atoms with van der Waals surface area (Å²) in [5, 5.41) is 4.53. The second kappa shape index (κ2) is 5.69. The van der Waals surface area contributed by atoms with Crippen molar-refractivity contribution in [2.75, 3.05) is 11.8 Å². The van der Waals surface area contributed by atoms with Gasteiger partial charge in [-0.25, -0.2) is 8.42 Å². The Morgan fingerprint density at radius 2 is 1.86 bits per heavy atom. The molecule has 0 amide bonds. The summed E-state index contributed by atoms with van der Waals surface area (Å²) in [6.07, 6.45) is 0. The lowest BCUT2D eigenvalue weighted by molar-refractivity contribution is 0.415. The Bertz CT molecular complexity index is 885. The Morgan fingerprint density at radius 3 is 2.59 bits per heavy atom. The molecule has 3 rings (SSSR count). The minimum Gasteiger partial charge on any atom is -0.497 e. The number of hydrogen-bond donors (Lipinski definition) is 1. The largest absolute Gasteiger partial charge is 0.497 e. The number of fused-ring (bicyclic) bond motifs is 1. The van der Waals surface area contributed by atoms with Gasteiger partial charge in [0, 0.05) is 11.1 Å². The number of sulfonamides is 1. The maximum absolute atomic E-state index is 12.2. The number of methoxy groups -OCH3 is 1. The van der Waals surface area contributed by atoms with Crippen molar-refractivity contribution in [1.29, 1.82) is 0 Å². The third kappa shape index (κ3) is 3.04. The van der Waals surface area contributed by atoms with Crippen LogP contribution in [-0.4, -0.2) is 20.7 Å². The van der Waals surface area contributed by atoms with Gasteiger partial charge in [0.1, 0.15) is 17.2 Å². The van der Waals surface area contributed by atoms with E-state index in [1.807, 2.05) is 6.07 Å². The molecule has 2 aromatic carbocycles. The molecule has 22 heavy (non-hydrogen) atoms. The molecule has 7 heteroatoms. The van der Waals surface area contributed by atoms with Crippen molar-refractivity contribution in [3.63, 3.8) is 0 Å². The summed E-state index contributed by atoms with van der Waals surface area (Å²) in [5.41, 5.74) is 1.42. The summed E-state index contributed by atoms with van der Waals surface area (Å²) in [7, 11) is -2.03. The lowest BCUT2D eigenvalue weighted by Gasteiger charge is -2.07. The van der Waals surface area contributed by atoms with Crippen LogP contribution in [0.25, 0.3) is 11.0 Å². The average Bonchev–Trinajstić information content (AvgIpc) is 2.90.